The van der Waals surface area contributed by atoms with Crippen molar-refractivity contribution in [2.24, 2.45) is 0 Å². The molecule has 0 bridgehead atoms. The molecule has 0 spiro atoms. The number of hydrogen-bond donors (Lipinski definition) is 1. The van der Waals surface area contributed by atoms with Crippen LogP contribution in [0.4, 0.5) is 0 Å². The molecular formula is C14H20N2O2. The maximum absolute atomic E-state index is 12.1. The van der Waals surface area contributed by atoms with Crippen LogP contribution in [0.5, 0.6) is 0 Å². The van der Waals surface area contributed by atoms with Gasteiger partial charge < -0.3 is 15.0 Å². The van der Waals surface area contributed by atoms with Crippen molar-refractivity contribution in [3.05, 3.63) is 35.9 Å². The molecule has 0 unspecified atom stereocenters. The average Bonchev–Trinajstić information content (AvgIpc) is 2.40. The van der Waals surface area contributed by atoms with Crippen molar-refractivity contribution in [2.75, 3.05) is 26.7 Å². The molecule has 0 aromatic heterocycles. The zero-order valence-corrected chi connectivity index (χ0v) is 10.9. The number of benzene rings is 1. The Balaban J connectivity index is 2.18. The maximum Gasteiger partial charge on any atom is 0.237 e. The molecule has 1 aromatic carbocycles. The van der Waals surface area contributed by atoms with Crippen LogP contribution in [0.1, 0.15) is 18.5 Å². The number of hydrogen-bond acceptors (Lipinski definition) is 3. The normalized spacial score (nSPS) is 24.0. The Morgan fingerprint density at radius 1 is 1.44 bits per heavy atom. The van der Waals surface area contributed by atoms with E-state index in [0.717, 1.165) is 5.56 Å². The number of rotatable bonds is 3. The smallest absolute Gasteiger partial charge is 0.237 e. The van der Waals surface area contributed by atoms with E-state index in [9.17, 15) is 4.79 Å². The minimum Gasteiger partial charge on any atom is -0.374 e. The average molecular weight is 248 g/mol. The molecule has 4 nitrogen and oxygen atoms in total. The van der Waals surface area contributed by atoms with Crippen LogP contribution in [0.15, 0.2) is 30.3 Å². The third-order valence-corrected chi connectivity index (χ3v) is 3.20. The molecular weight excluding hydrogens is 228 g/mol. The lowest BCUT2D eigenvalue weighted by molar-refractivity contribution is -0.143. The molecule has 0 aliphatic carbocycles. The van der Waals surface area contributed by atoms with Gasteiger partial charge in [0.05, 0.1) is 25.3 Å². The first-order valence-corrected chi connectivity index (χ1v) is 6.33. The van der Waals surface area contributed by atoms with Gasteiger partial charge in [0.2, 0.25) is 5.91 Å². The Hall–Kier alpha value is -1.39. The first kappa shape index (κ1) is 13.1. The van der Waals surface area contributed by atoms with E-state index in [1.807, 2.05) is 42.2 Å². The van der Waals surface area contributed by atoms with E-state index in [0.29, 0.717) is 19.7 Å². The number of nitrogens with zero attached hydrogens (tertiary/aromatic N) is 1. The van der Waals surface area contributed by atoms with E-state index in [2.05, 4.69) is 5.32 Å². The van der Waals surface area contributed by atoms with Crippen molar-refractivity contribution in [2.45, 2.75) is 19.1 Å². The Kier molecular flexibility index (Phi) is 4.33. The van der Waals surface area contributed by atoms with Gasteiger partial charge in [-0.15, -0.1) is 0 Å². The summed E-state index contributed by atoms with van der Waals surface area (Å²) in [7, 11) is 1.79. The van der Waals surface area contributed by atoms with Gasteiger partial charge in [0.25, 0.3) is 0 Å². The summed E-state index contributed by atoms with van der Waals surface area (Å²) in [5, 5.41) is 2.92. The van der Waals surface area contributed by atoms with E-state index < -0.39 is 0 Å². The summed E-state index contributed by atoms with van der Waals surface area (Å²) < 4.78 is 5.69. The SMILES string of the molecule is CNCC(=O)N1C[C@H](C)OC[C@H]1c1ccccc1. The van der Waals surface area contributed by atoms with Crippen LogP contribution in [0, 0.1) is 0 Å². The fourth-order valence-electron chi connectivity index (χ4n) is 2.28. The summed E-state index contributed by atoms with van der Waals surface area (Å²) in [6, 6.07) is 10.1. The predicted molar refractivity (Wildman–Crippen MR) is 70.2 cm³/mol. The van der Waals surface area contributed by atoms with Gasteiger partial charge in [-0.3, -0.25) is 4.79 Å². The van der Waals surface area contributed by atoms with Gasteiger partial charge in [-0.25, -0.2) is 0 Å². The summed E-state index contributed by atoms with van der Waals surface area (Å²) in [6.07, 6.45) is 0.103. The highest BCUT2D eigenvalue weighted by Crippen LogP contribution is 2.25. The zero-order valence-electron chi connectivity index (χ0n) is 10.9. The molecule has 1 heterocycles. The lowest BCUT2D eigenvalue weighted by atomic mass is 10.0. The van der Waals surface area contributed by atoms with Crippen LogP contribution in [0.2, 0.25) is 0 Å². The molecule has 2 atom stereocenters. The summed E-state index contributed by atoms with van der Waals surface area (Å²) >= 11 is 0. The highest BCUT2D eigenvalue weighted by Gasteiger charge is 2.30. The van der Waals surface area contributed by atoms with Crippen molar-refractivity contribution >= 4 is 5.91 Å². The number of ether oxygens (including phenoxy) is 1. The third kappa shape index (κ3) is 2.89. The molecule has 98 valence electrons. The second-order valence-corrected chi connectivity index (χ2v) is 4.65. The molecule has 0 radical (unpaired) electrons. The zero-order chi connectivity index (χ0) is 13.0. The second kappa shape index (κ2) is 5.98. The number of carbonyl (C=O) groups excluding carboxylic acids is 1. The van der Waals surface area contributed by atoms with Gasteiger partial charge >= 0.3 is 0 Å². The van der Waals surface area contributed by atoms with Crippen LogP contribution in [-0.2, 0) is 9.53 Å². The predicted octanol–water partition coefficient (Wildman–Crippen LogP) is 1.19. The van der Waals surface area contributed by atoms with Gasteiger partial charge in [-0.1, -0.05) is 30.3 Å². The molecule has 2 rings (SSSR count). The lowest BCUT2D eigenvalue weighted by Crippen LogP contribution is -2.49. The Morgan fingerprint density at radius 2 is 2.17 bits per heavy atom. The van der Waals surface area contributed by atoms with Crippen LogP contribution in [0.3, 0.4) is 0 Å². The number of likely N-dealkylation sites (N-methyl/N-ethyl adjacent to an activating group) is 1. The van der Waals surface area contributed by atoms with E-state index in [1.54, 1.807) is 7.05 Å². The molecule has 1 N–H and O–H groups in total. The fraction of sp³-hybridized carbons (Fsp3) is 0.500. The number of amides is 1. The summed E-state index contributed by atoms with van der Waals surface area (Å²) in [6.45, 7) is 3.59. The number of morpholine rings is 1. The van der Waals surface area contributed by atoms with Crippen LogP contribution in [-0.4, -0.2) is 43.7 Å². The minimum absolute atomic E-state index is 0.0308. The molecule has 18 heavy (non-hydrogen) atoms. The largest absolute Gasteiger partial charge is 0.374 e. The van der Waals surface area contributed by atoms with Crippen molar-refractivity contribution in [3.8, 4) is 0 Å². The molecule has 4 heteroatoms. The maximum atomic E-state index is 12.1. The van der Waals surface area contributed by atoms with Crippen molar-refractivity contribution in [3.63, 3.8) is 0 Å². The lowest BCUT2D eigenvalue weighted by Gasteiger charge is -2.39. The summed E-state index contributed by atoms with van der Waals surface area (Å²) in [5.41, 5.74) is 1.13. The molecule has 1 fully saturated rings. The van der Waals surface area contributed by atoms with Gasteiger partial charge in [0.15, 0.2) is 0 Å². The second-order valence-electron chi connectivity index (χ2n) is 4.65. The quantitative estimate of drug-likeness (QED) is 0.873. The Labute approximate surface area is 108 Å². The van der Waals surface area contributed by atoms with Crippen molar-refractivity contribution < 1.29 is 9.53 Å². The molecule has 1 aliphatic rings. The first-order valence-electron chi connectivity index (χ1n) is 6.33. The highest BCUT2D eigenvalue weighted by molar-refractivity contribution is 5.79. The van der Waals surface area contributed by atoms with Crippen molar-refractivity contribution in [1.82, 2.24) is 10.2 Å². The number of carbonyl (C=O) groups is 1. The molecule has 1 saturated heterocycles. The Bertz CT molecular complexity index is 394. The van der Waals surface area contributed by atoms with Gasteiger partial charge in [-0.05, 0) is 19.5 Å². The molecule has 1 aromatic rings. The third-order valence-electron chi connectivity index (χ3n) is 3.20. The standard InChI is InChI=1S/C14H20N2O2/c1-11-9-16(14(17)8-15-2)13(10-18-11)12-6-4-3-5-7-12/h3-7,11,13,15H,8-10H2,1-2H3/t11-,13-/m0/s1. The van der Waals surface area contributed by atoms with Crippen molar-refractivity contribution in [1.29, 1.82) is 0 Å². The Morgan fingerprint density at radius 3 is 2.83 bits per heavy atom. The molecule has 1 amide bonds. The minimum atomic E-state index is 0.0308. The molecule has 1 aliphatic heterocycles. The topological polar surface area (TPSA) is 41.6 Å². The van der Waals surface area contributed by atoms with E-state index in [4.69, 9.17) is 4.74 Å². The fourth-order valence-corrected chi connectivity index (χ4v) is 2.28. The van der Waals surface area contributed by atoms with Gasteiger partial charge in [0.1, 0.15) is 0 Å². The van der Waals surface area contributed by atoms with Crippen LogP contribution < -0.4 is 5.32 Å². The van der Waals surface area contributed by atoms with E-state index >= 15 is 0 Å². The summed E-state index contributed by atoms with van der Waals surface area (Å²) in [5.74, 6) is 0.126. The van der Waals surface area contributed by atoms with E-state index in [1.165, 1.54) is 0 Å². The van der Waals surface area contributed by atoms with Gasteiger partial charge in [-0.2, -0.15) is 0 Å². The van der Waals surface area contributed by atoms with Gasteiger partial charge in [0, 0.05) is 6.54 Å². The van der Waals surface area contributed by atoms with E-state index in [-0.39, 0.29) is 18.1 Å². The molecule has 0 saturated carbocycles. The first-order chi connectivity index (χ1) is 8.72. The van der Waals surface area contributed by atoms with Crippen LogP contribution in [0.25, 0.3) is 0 Å². The monoisotopic (exact) mass is 248 g/mol. The highest BCUT2D eigenvalue weighted by atomic mass is 16.5. The van der Waals surface area contributed by atoms with Crippen LogP contribution >= 0.6 is 0 Å². The summed E-state index contributed by atoms with van der Waals surface area (Å²) in [4.78, 5) is 14.1. The number of nitrogens with one attached hydrogen (secondary N) is 1.